The molecule has 2 nitrogen and oxygen atoms in total. The largest absolute Gasteiger partial charge is 0.469 e. The van der Waals surface area contributed by atoms with E-state index in [1.54, 1.807) is 6.26 Å². The van der Waals surface area contributed by atoms with E-state index in [9.17, 15) is 0 Å². The maximum Gasteiger partial charge on any atom is 0.104 e. The molecule has 0 radical (unpaired) electrons. The molecule has 0 saturated carbocycles. The van der Waals surface area contributed by atoms with E-state index >= 15 is 0 Å². The minimum absolute atomic E-state index is 0.309. The average molecular weight is 280 g/mol. The van der Waals surface area contributed by atoms with E-state index in [2.05, 4.69) is 28.1 Å². The van der Waals surface area contributed by atoms with Crippen LogP contribution in [0, 0.1) is 0 Å². The molecule has 1 aromatic carbocycles. The number of nitrogens with two attached hydrogens (primary N) is 1. The molecule has 0 aliphatic heterocycles. The predicted octanol–water partition coefficient (Wildman–Crippen LogP) is 3.33. The van der Waals surface area contributed by atoms with Gasteiger partial charge < -0.3 is 10.2 Å². The fourth-order valence-electron chi connectivity index (χ4n) is 1.77. The molecule has 2 rings (SSSR count). The minimum Gasteiger partial charge on any atom is -0.469 e. The molecule has 0 aliphatic rings. The van der Waals surface area contributed by atoms with Gasteiger partial charge in [-0.25, -0.2) is 0 Å². The van der Waals surface area contributed by atoms with E-state index in [0.717, 1.165) is 16.7 Å². The third-order valence-electron chi connectivity index (χ3n) is 2.63. The van der Waals surface area contributed by atoms with Crippen molar-refractivity contribution in [3.8, 4) is 0 Å². The van der Waals surface area contributed by atoms with Gasteiger partial charge in [0, 0.05) is 16.8 Å². The van der Waals surface area contributed by atoms with Gasteiger partial charge >= 0.3 is 0 Å². The van der Waals surface area contributed by atoms with E-state index in [-0.39, 0.29) is 0 Å². The fourth-order valence-corrected chi connectivity index (χ4v) is 2.19. The molecule has 1 atom stereocenters. The highest BCUT2D eigenvalue weighted by Crippen LogP contribution is 2.23. The number of hydrogen-bond donors (Lipinski definition) is 1. The highest BCUT2D eigenvalue weighted by atomic mass is 79.9. The van der Waals surface area contributed by atoms with Gasteiger partial charge in [-0.15, -0.1) is 0 Å². The standard InChI is InChI=1S/C13H14BrNO/c14-12-4-1-3-10(7-12)11(9-15)8-13-5-2-6-16-13/h1-7,11H,8-9,15H2. The van der Waals surface area contributed by atoms with Gasteiger partial charge in [-0.2, -0.15) is 0 Å². The molecule has 84 valence electrons. The maximum atomic E-state index is 5.81. The van der Waals surface area contributed by atoms with Crippen molar-refractivity contribution in [1.82, 2.24) is 0 Å². The van der Waals surface area contributed by atoms with E-state index in [4.69, 9.17) is 10.2 Å². The normalized spacial score (nSPS) is 12.6. The highest BCUT2D eigenvalue weighted by molar-refractivity contribution is 9.10. The molecule has 3 heteroatoms. The first-order chi connectivity index (χ1) is 7.79. The second kappa shape index (κ2) is 5.32. The Bertz CT molecular complexity index is 439. The molecule has 0 bridgehead atoms. The van der Waals surface area contributed by atoms with Crippen molar-refractivity contribution in [2.45, 2.75) is 12.3 Å². The van der Waals surface area contributed by atoms with Crippen molar-refractivity contribution in [3.63, 3.8) is 0 Å². The summed E-state index contributed by atoms with van der Waals surface area (Å²) in [5, 5.41) is 0. The van der Waals surface area contributed by atoms with Gasteiger partial charge in [0.25, 0.3) is 0 Å². The quantitative estimate of drug-likeness (QED) is 0.933. The summed E-state index contributed by atoms with van der Waals surface area (Å²) in [4.78, 5) is 0. The summed E-state index contributed by atoms with van der Waals surface area (Å²) in [5.74, 6) is 1.29. The Morgan fingerprint density at radius 3 is 2.75 bits per heavy atom. The summed E-state index contributed by atoms with van der Waals surface area (Å²) < 4.78 is 6.44. The smallest absolute Gasteiger partial charge is 0.104 e. The third kappa shape index (κ3) is 2.74. The van der Waals surface area contributed by atoms with E-state index in [0.29, 0.717) is 12.5 Å². The Morgan fingerprint density at radius 1 is 1.25 bits per heavy atom. The van der Waals surface area contributed by atoms with Crippen LogP contribution in [0.15, 0.2) is 51.6 Å². The van der Waals surface area contributed by atoms with Crippen LogP contribution in [0.4, 0.5) is 0 Å². The van der Waals surface area contributed by atoms with Crippen LogP contribution in [0.3, 0.4) is 0 Å². The van der Waals surface area contributed by atoms with Crippen LogP contribution in [-0.2, 0) is 6.42 Å². The summed E-state index contributed by atoms with van der Waals surface area (Å²) in [6, 6.07) is 12.2. The van der Waals surface area contributed by atoms with Crippen molar-refractivity contribution in [2.75, 3.05) is 6.54 Å². The Kier molecular flexibility index (Phi) is 3.80. The Morgan fingerprint density at radius 2 is 2.12 bits per heavy atom. The van der Waals surface area contributed by atoms with Crippen molar-refractivity contribution >= 4 is 15.9 Å². The lowest BCUT2D eigenvalue weighted by Gasteiger charge is -2.13. The first-order valence-corrected chi connectivity index (χ1v) is 6.07. The predicted molar refractivity (Wildman–Crippen MR) is 68.3 cm³/mol. The maximum absolute atomic E-state index is 5.81. The number of furan rings is 1. The minimum atomic E-state index is 0.309. The van der Waals surface area contributed by atoms with Crippen molar-refractivity contribution < 1.29 is 4.42 Å². The van der Waals surface area contributed by atoms with Crippen LogP contribution in [0.1, 0.15) is 17.2 Å². The molecule has 0 amide bonds. The summed E-state index contributed by atoms with van der Waals surface area (Å²) in [5.41, 5.74) is 7.06. The summed E-state index contributed by atoms with van der Waals surface area (Å²) in [6.45, 7) is 0.622. The van der Waals surface area contributed by atoms with Gasteiger partial charge in [0.15, 0.2) is 0 Å². The molecule has 2 N–H and O–H groups in total. The first kappa shape index (κ1) is 11.4. The van der Waals surface area contributed by atoms with E-state index in [1.807, 2.05) is 24.3 Å². The molecule has 0 aliphatic carbocycles. The molecule has 1 heterocycles. The van der Waals surface area contributed by atoms with E-state index < -0.39 is 0 Å². The Hall–Kier alpha value is -1.06. The number of hydrogen-bond acceptors (Lipinski definition) is 2. The van der Waals surface area contributed by atoms with Gasteiger partial charge in [0.2, 0.25) is 0 Å². The SMILES string of the molecule is NCC(Cc1ccco1)c1cccc(Br)c1. The number of halogens is 1. The monoisotopic (exact) mass is 279 g/mol. The van der Waals surface area contributed by atoms with Crippen LogP contribution < -0.4 is 5.73 Å². The third-order valence-corrected chi connectivity index (χ3v) is 3.13. The number of rotatable bonds is 4. The lowest BCUT2D eigenvalue weighted by Crippen LogP contribution is -2.14. The molecular weight excluding hydrogens is 266 g/mol. The molecule has 1 unspecified atom stereocenters. The van der Waals surface area contributed by atoms with Gasteiger partial charge in [-0.3, -0.25) is 0 Å². The zero-order valence-corrected chi connectivity index (χ0v) is 10.5. The van der Waals surface area contributed by atoms with Crippen molar-refractivity contribution in [1.29, 1.82) is 0 Å². The molecular formula is C13H14BrNO. The zero-order chi connectivity index (χ0) is 11.4. The number of benzene rings is 1. The summed E-state index contributed by atoms with van der Waals surface area (Å²) in [6.07, 6.45) is 2.55. The topological polar surface area (TPSA) is 39.2 Å². The molecule has 16 heavy (non-hydrogen) atoms. The van der Waals surface area contributed by atoms with Gasteiger partial charge in [0.05, 0.1) is 6.26 Å². The summed E-state index contributed by atoms with van der Waals surface area (Å²) >= 11 is 3.47. The highest BCUT2D eigenvalue weighted by Gasteiger charge is 2.12. The van der Waals surface area contributed by atoms with Crippen LogP contribution in [0.5, 0.6) is 0 Å². The summed E-state index contributed by atoms with van der Waals surface area (Å²) in [7, 11) is 0. The first-order valence-electron chi connectivity index (χ1n) is 5.27. The van der Waals surface area contributed by atoms with Gasteiger partial charge in [0.1, 0.15) is 5.76 Å². The molecule has 0 fully saturated rings. The van der Waals surface area contributed by atoms with Crippen LogP contribution in [0.2, 0.25) is 0 Å². The molecule has 1 aromatic heterocycles. The van der Waals surface area contributed by atoms with Crippen LogP contribution in [0.25, 0.3) is 0 Å². The van der Waals surface area contributed by atoms with Gasteiger partial charge in [-0.1, -0.05) is 28.1 Å². The fraction of sp³-hybridized carbons (Fsp3) is 0.231. The lowest BCUT2D eigenvalue weighted by molar-refractivity contribution is 0.487. The average Bonchev–Trinajstić information content (AvgIpc) is 2.78. The van der Waals surface area contributed by atoms with Crippen LogP contribution in [-0.4, -0.2) is 6.54 Å². The second-order valence-corrected chi connectivity index (χ2v) is 4.69. The van der Waals surface area contributed by atoms with Crippen molar-refractivity contribution in [3.05, 3.63) is 58.5 Å². The Balaban J connectivity index is 2.16. The molecule has 0 spiro atoms. The molecule has 2 aromatic rings. The zero-order valence-electron chi connectivity index (χ0n) is 8.90. The molecule has 0 saturated heterocycles. The van der Waals surface area contributed by atoms with Crippen LogP contribution >= 0.6 is 15.9 Å². The van der Waals surface area contributed by atoms with E-state index in [1.165, 1.54) is 5.56 Å². The Labute approximate surface area is 104 Å². The van der Waals surface area contributed by atoms with Crippen molar-refractivity contribution in [2.24, 2.45) is 5.73 Å². The van der Waals surface area contributed by atoms with Gasteiger partial charge in [-0.05, 0) is 36.4 Å². The second-order valence-electron chi connectivity index (χ2n) is 3.77. The lowest BCUT2D eigenvalue weighted by atomic mass is 9.95.